The number of nitrogens with one attached hydrogen (secondary N) is 1. The first-order valence-corrected chi connectivity index (χ1v) is 6.48. The summed E-state index contributed by atoms with van der Waals surface area (Å²) in [5, 5.41) is 3.55. The number of hydrogen-bond acceptors (Lipinski definition) is 2. The third kappa shape index (κ3) is 4.14. The lowest BCUT2D eigenvalue weighted by molar-refractivity contribution is -0.000941. The molecular formula is C15H23NO. The normalized spacial score (nSPS) is 23.7. The van der Waals surface area contributed by atoms with Gasteiger partial charge in [0.1, 0.15) is 0 Å². The van der Waals surface area contributed by atoms with Gasteiger partial charge in [-0.05, 0) is 32.8 Å². The fourth-order valence-corrected chi connectivity index (χ4v) is 2.09. The first-order valence-electron chi connectivity index (χ1n) is 6.48. The van der Waals surface area contributed by atoms with Gasteiger partial charge in [-0.3, -0.25) is 0 Å². The van der Waals surface area contributed by atoms with Crippen LogP contribution in [0.3, 0.4) is 0 Å². The summed E-state index contributed by atoms with van der Waals surface area (Å²) in [4.78, 5) is 0. The third-order valence-corrected chi connectivity index (χ3v) is 3.06. The molecule has 0 aromatic heterocycles. The van der Waals surface area contributed by atoms with E-state index in [2.05, 4.69) is 56.4 Å². The zero-order chi connectivity index (χ0) is 12.3. The van der Waals surface area contributed by atoms with Crippen LogP contribution in [0.2, 0.25) is 0 Å². The monoisotopic (exact) mass is 233 g/mol. The Balaban J connectivity index is 1.64. The Morgan fingerprint density at radius 2 is 1.94 bits per heavy atom. The maximum Gasteiger partial charge on any atom is 0.0599 e. The first kappa shape index (κ1) is 12.6. The molecule has 17 heavy (non-hydrogen) atoms. The molecule has 1 aromatic carbocycles. The van der Waals surface area contributed by atoms with Crippen molar-refractivity contribution in [1.29, 1.82) is 0 Å². The molecular weight excluding hydrogens is 210 g/mol. The van der Waals surface area contributed by atoms with Crippen LogP contribution in [0.15, 0.2) is 30.3 Å². The van der Waals surface area contributed by atoms with Crippen molar-refractivity contribution in [2.24, 2.45) is 0 Å². The molecule has 1 fully saturated rings. The van der Waals surface area contributed by atoms with Crippen LogP contribution < -0.4 is 5.32 Å². The average Bonchev–Trinajstić information content (AvgIpc) is 3.04. The standard InChI is InChI=1S/C15H23NO/c1-15(2,3)17-10-9-16-14-11-13(14)12-7-5-4-6-8-12/h4-8,13-14,16H,9-11H2,1-3H3. The largest absolute Gasteiger partial charge is 0.375 e. The van der Waals surface area contributed by atoms with Gasteiger partial charge < -0.3 is 10.1 Å². The molecule has 2 heteroatoms. The maximum absolute atomic E-state index is 5.69. The quantitative estimate of drug-likeness (QED) is 0.790. The molecule has 0 aliphatic heterocycles. The van der Waals surface area contributed by atoms with Crippen molar-refractivity contribution in [1.82, 2.24) is 5.32 Å². The van der Waals surface area contributed by atoms with Gasteiger partial charge >= 0.3 is 0 Å². The van der Waals surface area contributed by atoms with Gasteiger partial charge in [0.15, 0.2) is 0 Å². The van der Waals surface area contributed by atoms with E-state index in [1.165, 1.54) is 12.0 Å². The Labute approximate surface area is 104 Å². The van der Waals surface area contributed by atoms with E-state index < -0.39 is 0 Å². The molecule has 0 spiro atoms. The highest BCUT2D eigenvalue weighted by Gasteiger charge is 2.37. The van der Waals surface area contributed by atoms with Gasteiger partial charge in [0, 0.05) is 18.5 Å². The molecule has 0 saturated heterocycles. The van der Waals surface area contributed by atoms with E-state index in [0.29, 0.717) is 12.0 Å². The van der Waals surface area contributed by atoms with Gasteiger partial charge in [-0.25, -0.2) is 0 Å². The first-order chi connectivity index (χ1) is 8.06. The van der Waals surface area contributed by atoms with Crippen molar-refractivity contribution in [3.63, 3.8) is 0 Å². The van der Waals surface area contributed by atoms with E-state index in [9.17, 15) is 0 Å². The molecule has 0 amide bonds. The van der Waals surface area contributed by atoms with E-state index in [1.807, 2.05) is 0 Å². The molecule has 1 aromatic rings. The zero-order valence-corrected chi connectivity index (χ0v) is 11.1. The summed E-state index contributed by atoms with van der Waals surface area (Å²) in [7, 11) is 0. The Kier molecular flexibility index (Phi) is 3.85. The number of benzene rings is 1. The number of ether oxygens (including phenoxy) is 1. The van der Waals surface area contributed by atoms with E-state index in [-0.39, 0.29) is 5.60 Å². The predicted molar refractivity (Wildman–Crippen MR) is 71.3 cm³/mol. The topological polar surface area (TPSA) is 21.3 Å². The number of rotatable bonds is 5. The van der Waals surface area contributed by atoms with E-state index in [1.54, 1.807) is 0 Å². The van der Waals surface area contributed by atoms with Gasteiger partial charge in [0.05, 0.1) is 12.2 Å². The van der Waals surface area contributed by atoms with Crippen LogP contribution in [0, 0.1) is 0 Å². The van der Waals surface area contributed by atoms with Crippen molar-refractivity contribution in [3.8, 4) is 0 Å². The Bertz CT molecular complexity index is 342. The van der Waals surface area contributed by atoms with Gasteiger partial charge in [-0.2, -0.15) is 0 Å². The van der Waals surface area contributed by atoms with Crippen molar-refractivity contribution in [2.75, 3.05) is 13.2 Å². The number of hydrogen-bond donors (Lipinski definition) is 1. The van der Waals surface area contributed by atoms with E-state index >= 15 is 0 Å². The summed E-state index contributed by atoms with van der Waals surface area (Å²) >= 11 is 0. The predicted octanol–water partition coefficient (Wildman–Crippen LogP) is 2.95. The van der Waals surface area contributed by atoms with Crippen LogP contribution in [0.1, 0.15) is 38.7 Å². The summed E-state index contributed by atoms with van der Waals surface area (Å²) in [6.07, 6.45) is 1.26. The third-order valence-electron chi connectivity index (χ3n) is 3.06. The molecule has 0 bridgehead atoms. The Morgan fingerprint density at radius 3 is 2.59 bits per heavy atom. The molecule has 2 nitrogen and oxygen atoms in total. The van der Waals surface area contributed by atoms with Gasteiger partial charge in [0.2, 0.25) is 0 Å². The summed E-state index contributed by atoms with van der Waals surface area (Å²) in [5.74, 6) is 0.714. The minimum atomic E-state index is -0.0237. The minimum Gasteiger partial charge on any atom is -0.375 e. The summed E-state index contributed by atoms with van der Waals surface area (Å²) < 4.78 is 5.69. The summed E-state index contributed by atoms with van der Waals surface area (Å²) in [5.41, 5.74) is 1.44. The SMILES string of the molecule is CC(C)(C)OCCNC1CC1c1ccccc1. The van der Waals surface area contributed by atoms with Crippen LogP contribution in [-0.2, 0) is 4.74 Å². The van der Waals surface area contributed by atoms with Gasteiger partial charge in [0.25, 0.3) is 0 Å². The molecule has 94 valence electrons. The lowest BCUT2D eigenvalue weighted by atomic mass is 10.1. The molecule has 1 saturated carbocycles. The zero-order valence-electron chi connectivity index (χ0n) is 11.1. The highest BCUT2D eigenvalue weighted by molar-refractivity contribution is 5.27. The molecule has 1 N–H and O–H groups in total. The Hall–Kier alpha value is -0.860. The van der Waals surface area contributed by atoms with Crippen molar-refractivity contribution in [3.05, 3.63) is 35.9 Å². The van der Waals surface area contributed by atoms with Crippen molar-refractivity contribution >= 4 is 0 Å². The molecule has 1 aliphatic rings. The molecule has 2 atom stereocenters. The molecule has 2 rings (SSSR count). The fourth-order valence-electron chi connectivity index (χ4n) is 2.09. The molecule has 0 heterocycles. The lowest BCUT2D eigenvalue weighted by Crippen LogP contribution is -2.28. The van der Waals surface area contributed by atoms with E-state index in [4.69, 9.17) is 4.74 Å². The second-order valence-electron chi connectivity index (χ2n) is 5.77. The fraction of sp³-hybridized carbons (Fsp3) is 0.600. The average molecular weight is 233 g/mol. The van der Waals surface area contributed by atoms with E-state index in [0.717, 1.165) is 13.2 Å². The van der Waals surface area contributed by atoms with Crippen LogP contribution in [0.25, 0.3) is 0 Å². The van der Waals surface area contributed by atoms with Gasteiger partial charge in [-0.1, -0.05) is 30.3 Å². The molecule has 2 unspecified atom stereocenters. The molecule has 1 aliphatic carbocycles. The van der Waals surface area contributed by atoms with Crippen LogP contribution >= 0.6 is 0 Å². The highest BCUT2D eigenvalue weighted by Crippen LogP contribution is 2.40. The van der Waals surface area contributed by atoms with Crippen molar-refractivity contribution in [2.45, 2.75) is 44.8 Å². The highest BCUT2D eigenvalue weighted by atomic mass is 16.5. The maximum atomic E-state index is 5.69. The lowest BCUT2D eigenvalue weighted by Gasteiger charge is -2.19. The smallest absolute Gasteiger partial charge is 0.0599 e. The van der Waals surface area contributed by atoms with Crippen molar-refractivity contribution < 1.29 is 4.74 Å². The van der Waals surface area contributed by atoms with Crippen LogP contribution in [0.4, 0.5) is 0 Å². The second kappa shape index (κ2) is 5.19. The summed E-state index contributed by atoms with van der Waals surface area (Å²) in [6, 6.07) is 11.4. The van der Waals surface area contributed by atoms with Gasteiger partial charge in [-0.15, -0.1) is 0 Å². The second-order valence-corrected chi connectivity index (χ2v) is 5.77. The molecule has 0 radical (unpaired) electrons. The summed E-state index contributed by atoms with van der Waals surface area (Å²) in [6.45, 7) is 8.03. The van der Waals surface area contributed by atoms with Crippen LogP contribution in [0.5, 0.6) is 0 Å². The Morgan fingerprint density at radius 1 is 1.24 bits per heavy atom. The van der Waals surface area contributed by atoms with Crippen LogP contribution in [-0.4, -0.2) is 24.8 Å². The minimum absolute atomic E-state index is 0.0237.